The SMILES string of the molecule is COC(=O)C(CNC(=O)CC(Cc1ccc(Cl)cc1)N(C)C(=O)OC(C)(C)C)N(C)C(=O)C(CC(=O)OC(C)(C)C)Cc1ccccc1. The Balaban J connectivity index is 2.25. The smallest absolute Gasteiger partial charge is 0.410 e. The van der Waals surface area contributed by atoms with Crippen molar-refractivity contribution in [2.45, 2.75) is 90.5 Å². The van der Waals surface area contributed by atoms with Gasteiger partial charge >= 0.3 is 18.0 Å². The highest BCUT2D eigenvalue weighted by Crippen LogP contribution is 2.21. The van der Waals surface area contributed by atoms with E-state index in [1.807, 2.05) is 42.5 Å². The first-order valence-corrected chi connectivity index (χ1v) is 16.2. The fraction of sp³-hybridized carbons (Fsp3) is 0.528. The van der Waals surface area contributed by atoms with Crippen LogP contribution in [0.15, 0.2) is 54.6 Å². The molecule has 0 saturated carbocycles. The monoisotopic (exact) mass is 687 g/mol. The first-order valence-electron chi connectivity index (χ1n) is 15.9. The van der Waals surface area contributed by atoms with E-state index in [0.717, 1.165) is 11.1 Å². The molecule has 0 aliphatic rings. The van der Waals surface area contributed by atoms with E-state index in [-0.39, 0.29) is 25.8 Å². The van der Waals surface area contributed by atoms with Gasteiger partial charge in [-0.25, -0.2) is 9.59 Å². The van der Waals surface area contributed by atoms with E-state index >= 15 is 0 Å². The molecule has 3 unspecified atom stereocenters. The van der Waals surface area contributed by atoms with Crippen molar-refractivity contribution in [3.8, 4) is 0 Å². The van der Waals surface area contributed by atoms with E-state index in [4.69, 9.17) is 25.8 Å². The third-order valence-electron chi connectivity index (χ3n) is 7.32. The minimum atomic E-state index is -1.19. The van der Waals surface area contributed by atoms with Gasteiger partial charge in [-0.15, -0.1) is 0 Å². The van der Waals surface area contributed by atoms with Crippen LogP contribution in [-0.2, 0) is 46.2 Å². The highest BCUT2D eigenvalue weighted by atomic mass is 35.5. The lowest BCUT2D eigenvalue weighted by molar-refractivity contribution is -0.159. The number of nitrogens with zero attached hydrogens (tertiary/aromatic N) is 2. The molecule has 2 aromatic carbocycles. The number of esters is 2. The van der Waals surface area contributed by atoms with E-state index in [2.05, 4.69) is 5.32 Å². The predicted octanol–water partition coefficient (Wildman–Crippen LogP) is 5.22. The summed E-state index contributed by atoms with van der Waals surface area (Å²) in [4.78, 5) is 68.5. The Bertz CT molecular complexity index is 1390. The lowest BCUT2D eigenvalue weighted by atomic mass is 9.94. The Kier molecular flexibility index (Phi) is 14.9. The highest BCUT2D eigenvalue weighted by molar-refractivity contribution is 6.30. The lowest BCUT2D eigenvalue weighted by Gasteiger charge is -2.32. The van der Waals surface area contributed by atoms with E-state index in [1.54, 1.807) is 60.7 Å². The van der Waals surface area contributed by atoms with Crippen molar-refractivity contribution in [3.05, 3.63) is 70.7 Å². The average Bonchev–Trinajstić information content (AvgIpc) is 2.99. The molecule has 0 aliphatic heterocycles. The van der Waals surface area contributed by atoms with Gasteiger partial charge in [0.05, 0.1) is 19.4 Å². The van der Waals surface area contributed by atoms with Crippen LogP contribution in [0.4, 0.5) is 4.79 Å². The van der Waals surface area contributed by atoms with Gasteiger partial charge in [-0.3, -0.25) is 14.4 Å². The number of carbonyl (C=O) groups excluding carboxylic acids is 5. The lowest BCUT2D eigenvalue weighted by Crippen LogP contribution is -2.52. The second-order valence-electron chi connectivity index (χ2n) is 13.7. The average molecular weight is 688 g/mol. The van der Waals surface area contributed by atoms with Crippen molar-refractivity contribution in [2.75, 3.05) is 27.7 Å². The minimum absolute atomic E-state index is 0.126. The molecule has 0 fully saturated rings. The molecule has 2 rings (SSSR count). The third-order valence-corrected chi connectivity index (χ3v) is 7.58. The maximum absolute atomic E-state index is 13.9. The molecule has 264 valence electrons. The summed E-state index contributed by atoms with van der Waals surface area (Å²) in [6.45, 7) is 10.2. The molecule has 3 atom stereocenters. The van der Waals surface area contributed by atoms with Crippen molar-refractivity contribution in [3.63, 3.8) is 0 Å². The van der Waals surface area contributed by atoms with Crippen molar-refractivity contribution in [2.24, 2.45) is 5.92 Å². The number of rotatable bonds is 14. The molecular weight excluding hydrogens is 638 g/mol. The van der Waals surface area contributed by atoms with Crippen molar-refractivity contribution in [1.29, 1.82) is 0 Å². The van der Waals surface area contributed by atoms with Crippen LogP contribution in [0.3, 0.4) is 0 Å². The number of likely N-dealkylation sites (N-methyl/N-ethyl adjacent to an activating group) is 2. The Morgan fingerprint density at radius 1 is 0.771 bits per heavy atom. The summed E-state index contributed by atoms with van der Waals surface area (Å²) >= 11 is 6.05. The number of halogens is 1. The summed E-state index contributed by atoms with van der Waals surface area (Å²) in [5.41, 5.74) is 0.187. The maximum atomic E-state index is 13.9. The van der Waals surface area contributed by atoms with Crippen LogP contribution in [0.25, 0.3) is 0 Å². The number of benzene rings is 2. The zero-order valence-electron chi connectivity index (χ0n) is 29.5. The van der Waals surface area contributed by atoms with Crippen LogP contribution < -0.4 is 5.32 Å². The highest BCUT2D eigenvalue weighted by Gasteiger charge is 2.35. The number of methoxy groups -OCH3 is 1. The van der Waals surface area contributed by atoms with Gasteiger partial charge in [0.25, 0.3) is 0 Å². The fourth-order valence-corrected chi connectivity index (χ4v) is 5.03. The predicted molar refractivity (Wildman–Crippen MR) is 183 cm³/mol. The summed E-state index contributed by atoms with van der Waals surface area (Å²) in [5, 5.41) is 3.29. The minimum Gasteiger partial charge on any atom is -0.467 e. The topological polar surface area (TPSA) is 132 Å². The molecule has 3 amide bonds. The van der Waals surface area contributed by atoms with Gasteiger partial charge < -0.3 is 29.3 Å². The van der Waals surface area contributed by atoms with Gasteiger partial charge in [0, 0.05) is 38.1 Å². The number of amides is 3. The molecule has 48 heavy (non-hydrogen) atoms. The van der Waals surface area contributed by atoms with Gasteiger partial charge in [0.1, 0.15) is 17.2 Å². The summed E-state index contributed by atoms with van der Waals surface area (Å²) in [7, 11) is 4.18. The van der Waals surface area contributed by atoms with E-state index in [9.17, 15) is 24.0 Å². The van der Waals surface area contributed by atoms with E-state index in [1.165, 1.54) is 24.0 Å². The van der Waals surface area contributed by atoms with Crippen LogP contribution in [-0.4, -0.2) is 90.7 Å². The molecule has 0 aromatic heterocycles. The first kappa shape index (κ1) is 40.1. The van der Waals surface area contributed by atoms with Crippen LogP contribution >= 0.6 is 11.6 Å². The van der Waals surface area contributed by atoms with Crippen molar-refractivity contribution >= 4 is 41.4 Å². The van der Waals surface area contributed by atoms with Crippen molar-refractivity contribution in [1.82, 2.24) is 15.1 Å². The van der Waals surface area contributed by atoms with Crippen LogP contribution in [0.2, 0.25) is 5.02 Å². The Morgan fingerprint density at radius 2 is 1.33 bits per heavy atom. The van der Waals surface area contributed by atoms with Gasteiger partial charge in [-0.1, -0.05) is 54.1 Å². The maximum Gasteiger partial charge on any atom is 0.410 e. The summed E-state index contributed by atoms with van der Waals surface area (Å²) in [5.74, 6) is -3.09. The Hall–Kier alpha value is -4.12. The zero-order chi connectivity index (χ0) is 36.2. The summed E-state index contributed by atoms with van der Waals surface area (Å²) in [6, 6.07) is 14.5. The van der Waals surface area contributed by atoms with E-state index < -0.39 is 59.0 Å². The van der Waals surface area contributed by atoms with Gasteiger partial charge in [0.15, 0.2) is 0 Å². The number of hydrogen-bond donors (Lipinski definition) is 1. The van der Waals surface area contributed by atoms with Gasteiger partial charge in [0.2, 0.25) is 11.8 Å². The van der Waals surface area contributed by atoms with Crippen LogP contribution in [0.5, 0.6) is 0 Å². The zero-order valence-corrected chi connectivity index (χ0v) is 30.3. The third kappa shape index (κ3) is 13.9. The fourth-order valence-electron chi connectivity index (χ4n) is 4.90. The molecule has 12 heteroatoms. The summed E-state index contributed by atoms with van der Waals surface area (Å²) < 4.78 is 16.0. The van der Waals surface area contributed by atoms with Crippen LogP contribution in [0.1, 0.15) is 65.5 Å². The molecule has 0 spiro atoms. The van der Waals surface area contributed by atoms with E-state index in [0.29, 0.717) is 11.4 Å². The first-order chi connectivity index (χ1) is 22.3. The molecule has 0 bridgehead atoms. The number of hydrogen-bond acceptors (Lipinski definition) is 8. The molecule has 11 nitrogen and oxygen atoms in total. The standard InChI is InChI=1S/C36H50ClN3O8/c1-35(2,3)47-31(42)21-26(19-24-13-11-10-12-14-24)32(43)40(8)29(33(44)46-9)23-38-30(41)22-28(20-25-15-17-27(37)18-16-25)39(7)34(45)48-36(4,5)6/h10-18,26,28-29H,19-23H2,1-9H3,(H,38,41). The molecular formula is C36H50ClN3O8. The second-order valence-corrected chi connectivity index (χ2v) is 14.2. The molecule has 1 N–H and O–H groups in total. The number of nitrogens with one attached hydrogen (secondary N) is 1. The number of ether oxygens (including phenoxy) is 3. The van der Waals surface area contributed by atoms with Gasteiger partial charge in [-0.2, -0.15) is 0 Å². The quantitative estimate of drug-likeness (QED) is 0.211. The normalized spacial score (nSPS) is 13.4. The van der Waals surface area contributed by atoms with Crippen LogP contribution in [0, 0.1) is 5.92 Å². The molecule has 0 saturated heterocycles. The number of carbonyl (C=O) groups is 5. The second kappa shape index (κ2) is 17.9. The van der Waals surface area contributed by atoms with Crippen molar-refractivity contribution < 1.29 is 38.2 Å². The molecule has 0 radical (unpaired) electrons. The molecule has 0 aliphatic carbocycles. The Labute approximate surface area is 289 Å². The Morgan fingerprint density at radius 3 is 1.88 bits per heavy atom. The molecule has 2 aromatic rings. The largest absolute Gasteiger partial charge is 0.467 e. The van der Waals surface area contributed by atoms with Gasteiger partial charge in [-0.05, 0) is 77.6 Å². The molecule has 0 heterocycles. The summed E-state index contributed by atoms with van der Waals surface area (Å²) in [6.07, 6.45) is -0.378.